The number of rotatable bonds is 8. The van der Waals surface area contributed by atoms with Crippen molar-refractivity contribution in [2.75, 3.05) is 26.2 Å². The van der Waals surface area contributed by atoms with Gasteiger partial charge in [0, 0.05) is 13.1 Å². The summed E-state index contributed by atoms with van der Waals surface area (Å²) in [5.41, 5.74) is -1.21. The molecule has 5 nitrogen and oxygen atoms in total. The summed E-state index contributed by atoms with van der Waals surface area (Å²) in [4.78, 5) is 13.7. The number of carbonyl (C=O) groups is 1. The Balaban J connectivity index is 2.70. The van der Waals surface area contributed by atoms with E-state index >= 15 is 0 Å². The average Bonchev–Trinajstić information content (AvgIpc) is 2.81. The van der Waals surface area contributed by atoms with Crippen LogP contribution in [0.5, 0.6) is 0 Å². The third-order valence-corrected chi connectivity index (χ3v) is 3.72. The lowest BCUT2D eigenvalue weighted by molar-refractivity contribution is -0.145. The average molecular weight is 333 g/mol. The number of aliphatic carboxylic acids is 1. The van der Waals surface area contributed by atoms with E-state index in [1.54, 1.807) is 19.1 Å². The molecule has 1 aromatic heterocycles. The summed E-state index contributed by atoms with van der Waals surface area (Å²) in [5.74, 6) is -0.555. The van der Waals surface area contributed by atoms with E-state index in [2.05, 4.69) is 40.0 Å². The first-order valence-electron chi connectivity index (χ1n) is 6.40. The maximum absolute atomic E-state index is 11.5. The topological polar surface area (TPSA) is 65.7 Å². The van der Waals surface area contributed by atoms with Crippen LogP contribution < -0.4 is 5.32 Å². The van der Waals surface area contributed by atoms with Crippen molar-refractivity contribution in [1.29, 1.82) is 0 Å². The van der Waals surface area contributed by atoms with Gasteiger partial charge in [0.2, 0.25) is 0 Å². The smallest absolute Gasteiger partial charge is 0.331 e. The Labute approximate surface area is 122 Å². The second kappa shape index (κ2) is 7.07. The van der Waals surface area contributed by atoms with Gasteiger partial charge in [-0.2, -0.15) is 0 Å². The molecule has 2 N–H and O–H groups in total. The van der Waals surface area contributed by atoms with Crippen LogP contribution in [0, 0.1) is 0 Å². The van der Waals surface area contributed by atoms with Crippen molar-refractivity contribution in [3.63, 3.8) is 0 Å². The van der Waals surface area contributed by atoms with Crippen LogP contribution in [-0.4, -0.2) is 42.2 Å². The first kappa shape index (κ1) is 16.2. The third-order valence-electron chi connectivity index (χ3n) is 3.29. The molecule has 1 unspecified atom stereocenters. The lowest BCUT2D eigenvalue weighted by Crippen LogP contribution is -2.49. The molecule has 1 aromatic rings. The quantitative estimate of drug-likeness (QED) is 0.764. The zero-order valence-electron chi connectivity index (χ0n) is 11.6. The molecule has 0 saturated carbocycles. The lowest BCUT2D eigenvalue weighted by Gasteiger charge is -2.26. The van der Waals surface area contributed by atoms with Crippen LogP contribution in [0.15, 0.2) is 21.2 Å². The highest BCUT2D eigenvalue weighted by atomic mass is 79.9. The molecule has 6 heteroatoms. The fraction of sp³-hybridized carbons (Fsp3) is 0.615. The van der Waals surface area contributed by atoms with Crippen molar-refractivity contribution < 1.29 is 14.3 Å². The van der Waals surface area contributed by atoms with Crippen LogP contribution in [0.2, 0.25) is 0 Å². The molecule has 0 radical (unpaired) electrons. The van der Waals surface area contributed by atoms with Crippen LogP contribution in [0.3, 0.4) is 0 Å². The minimum absolute atomic E-state index is 0.395. The molecule has 0 fully saturated rings. The summed E-state index contributed by atoms with van der Waals surface area (Å²) in [5, 5.41) is 12.5. The van der Waals surface area contributed by atoms with Gasteiger partial charge in [-0.25, -0.2) is 4.79 Å². The zero-order chi connectivity index (χ0) is 14.5. The molecular formula is C13H21BrN2O3. The minimum atomic E-state index is -1.21. The van der Waals surface area contributed by atoms with E-state index in [1.165, 1.54) is 0 Å². The van der Waals surface area contributed by atoms with Crippen molar-refractivity contribution in [2.24, 2.45) is 0 Å². The molecule has 0 spiro atoms. The van der Waals surface area contributed by atoms with Gasteiger partial charge in [-0.05, 0) is 48.1 Å². The van der Waals surface area contributed by atoms with E-state index in [0.29, 0.717) is 17.0 Å². The van der Waals surface area contributed by atoms with Crippen LogP contribution in [0.25, 0.3) is 0 Å². The van der Waals surface area contributed by atoms with Crippen molar-refractivity contribution in [1.82, 2.24) is 10.2 Å². The zero-order valence-corrected chi connectivity index (χ0v) is 13.2. The van der Waals surface area contributed by atoms with Crippen molar-refractivity contribution in [3.8, 4) is 0 Å². The molecular weight excluding hydrogens is 312 g/mol. The molecule has 0 aliphatic heterocycles. The fourth-order valence-electron chi connectivity index (χ4n) is 1.85. The van der Waals surface area contributed by atoms with E-state index in [1.807, 2.05) is 0 Å². The molecule has 0 saturated heterocycles. The predicted molar refractivity (Wildman–Crippen MR) is 77.2 cm³/mol. The summed E-state index contributed by atoms with van der Waals surface area (Å²) in [7, 11) is 0. The molecule has 0 aliphatic carbocycles. The summed E-state index contributed by atoms with van der Waals surface area (Å²) in [6, 6.07) is 3.37. The Kier molecular flexibility index (Phi) is 6.03. The summed E-state index contributed by atoms with van der Waals surface area (Å²) in [6.07, 6.45) is 0. The van der Waals surface area contributed by atoms with Crippen LogP contribution in [0.4, 0.5) is 0 Å². The molecule has 1 heterocycles. The molecule has 1 rings (SSSR count). The molecule has 108 valence electrons. The predicted octanol–water partition coefficient (Wildman–Crippen LogP) is 2.27. The summed E-state index contributed by atoms with van der Waals surface area (Å²) in [6.45, 7) is 9.08. The van der Waals surface area contributed by atoms with Crippen LogP contribution >= 0.6 is 15.9 Å². The van der Waals surface area contributed by atoms with Gasteiger partial charge in [0.1, 0.15) is 5.76 Å². The molecule has 19 heavy (non-hydrogen) atoms. The number of likely N-dealkylation sites (N-methyl/N-ethyl adjacent to an activating group) is 1. The number of halogens is 1. The number of hydrogen-bond acceptors (Lipinski definition) is 4. The van der Waals surface area contributed by atoms with Gasteiger partial charge in [-0.1, -0.05) is 13.8 Å². The number of carboxylic acids is 1. The maximum atomic E-state index is 11.5. The highest BCUT2D eigenvalue weighted by molar-refractivity contribution is 9.10. The largest absolute Gasteiger partial charge is 0.480 e. The Bertz CT molecular complexity index is 418. The van der Waals surface area contributed by atoms with Crippen molar-refractivity contribution >= 4 is 21.9 Å². The number of furan rings is 1. The van der Waals surface area contributed by atoms with Gasteiger partial charge in [-0.15, -0.1) is 0 Å². The second-order valence-electron chi connectivity index (χ2n) is 4.49. The molecule has 0 aromatic carbocycles. The van der Waals surface area contributed by atoms with Crippen LogP contribution in [-0.2, 0) is 10.3 Å². The Hall–Kier alpha value is -0.850. The molecule has 0 amide bonds. The molecule has 0 aliphatic rings. The SMILES string of the molecule is CCN(CC)CCNC(C)(C(=O)O)c1ccc(Br)o1. The minimum Gasteiger partial charge on any atom is -0.480 e. The Morgan fingerprint density at radius 1 is 1.47 bits per heavy atom. The summed E-state index contributed by atoms with van der Waals surface area (Å²) >= 11 is 3.19. The molecule has 1 atom stereocenters. The lowest BCUT2D eigenvalue weighted by atomic mass is 9.99. The van der Waals surface area contributed by atoms with E-state index < -0.39 is 11.5 Å². The summed E-state index contributed by atoms with van der Waals surface area (Å²) < 4.78 is 5.91. The fourth-order valence-corrected chi connectivity index (χ4v) is 2.16. The monoisotopic (exact) mass is 332 g/mol. The number of nitrogens with one attached hydrogen (secondary N) is 1. The van der Waals surface area contributed by atoms with E-state index in [-0.39, 0.29) is 0 Å². The van der Waals surface area contributed by atoms with Gasteiger partial charge in [0.15, 0.2) is 10.2 Å². The Morgan fingerprint density at radius 3 is 2.53 bits per heavy atom. The number of nitrogens with zero attached hydrogens (tertiary/aromatic N) is 1. The standard InChI is InChI=1S/C13H21BrN2O3/c1-4-16(5-2)9-8-15-13(3,12(17)18)10-6-7-11(14)19-10/h6-7,15H,4-5,8-9H2,1-3H3,(H,17,18). The van der Waals surface area contributed by atoms with E-state index in [9.17, 15) is 9.90 Å². The highest BCUT2D eigenvalue weighted by Gasteiger charge is 2.37. The Morgan fingerprint density at radius 2 is 2.11 bits per heavy atom. The molecule has 0 bridgehead atoms. The van der Waals surface area contributed by atoms with Gasteiger partial charge in [0.05, 0.1) is 0 Å². The first-order valence-corrected chi connectivity index (χ1v) is 7.20. The highest BCUT2D eigenvalue weighted by Crippen LogP contribution is 2.25. The first-order chi connectivity index (χ1) is 8.93. The van der Waals surface area contributed by atoms with Crippen molar-refractivity contribution in [3.05, 3.63) is 22.6 Å². The third kappa shape index (κ3) is 4.06. The number of hydrogen-bond donors (Lipinski definition) is 2. The van der Waals surface area contributed by atoms with Gasteiger partial charge in [0.25, 0.3) is 0 Å². The van der Waals surface area contributed by atoms with E-state index in [0.717, 1.165) is 19.6 Å². The van der Waals surface area contributed by atoms with E-state index in [4.69, 9.17) is 4.42 Å². The van der Waals surface area contributed by atoms with Crippen molar-refractivity contribution in [2.45, 2.75) is 26.3 Å². The second-order valence-corrected chi connectivity index (χ2v) is 5.27. The maximum Gasteiger partial charge on any atom is 0.331 e. The van der Waals surface area contributed by atoms with Gasteiger partial charge >= 0.3 is 5.97 Å². The number of carboxylic acid groups (broad SMARTS) is 1. The van der Waals surface area contributed by atoms with Gasteiger partial charge in [-0.3, -0.25) is 5.32 Å². The van der Waals surface area contributed by atoms with Gasteiger partial charge < -0.3 is 14.4 Å². The normalized spacial score (nSPS) is 14.6. The van der Waals surface area contributed by atoms with Crippen LogP contribution in [0.1, 0.15) is 26.5 Å².